The van der Waals surface area contributed by atoms with Crippen molar-refractivity contribution in [2.45, 2.75) is 33.1 Å². The summed E-state index contributed by atoms with van der Waals surface area (Å²) in [6.45, 7) is 4.42. The van der Waals surface area contributed by atoms with Gasteiger partial charge in [-0.15, -0.1) is 0 Å². The molecule has 0 fully saturated rings. The van der Waals surface area contributed by atoms with Gasteiger partial charge >= 0.3 is 0 Å². The lowest BCUT2D eigenvalue weighted by Gasteiger charge is -1.79. The summed E-state index contributed by atoms with van der Waals surface area (Å²) in [5.74, 6) is 0. The van der Waals surface area contributed by atoms with Gasteiger partial charge in [0.25, 0.3) is 0 Å². The van der Waals surface area contributed by atoms with E-state index in [0.717, 1.165) is 0 Å². The maximum atomic E-state index is 4.79. The maximum Gasteiger partial charge on any atom is 0.0713 e. The molecule has 3 heteroatoms. The van der Waals surface area contributed by atoms with Crippen LogP contribution in [0.15, 0.2) is 0 Å². The second-order valence-electron chi connectivity index (χ2n) is 1.42. The minimum atomic E-state index is 0.0278. The van der Waals surface area contributed by atoms with Crippen LogP contribution in [0.2, 0.25) is 0 Å². The minimum absolute atomic E-state index is 0.0278. The van der Waals surface area contributed by atoms with Crippen LogP contribution < -0.4 is 0 Å². The molecular formula is C5H13Cl2P. The molecule has 0 nitrogen and oxygen atoms in total. The lowest BCUT2D eigenvalue weighted by atomic mass is 10.3. The lowest BCUT2D eigenvalue weighted by molar-refractivity contribution is 0.772. The van der Waals surface area contributed by atoms with Gasteiger partial charge in [0.15, 0.2) is 0 Å². The van der Waals surface area contributed by atoms with E-state index < -0.39 is 0 Å². The first-order valence-electron chi connectivity index (χ1n) is 2.79. The Bertz CT molecular complexity index is 24.4. The highest BCUT2D eigenvalue weighted by Gasteiger charge is 1.68. The molecule has 0 aliphatic rings. The molecule has 0 heterocycles. The molecule has 0 amide bonds. The Hall–Kier alpha value is 1.01. The Morgan fingerprint density at radius 3 is 1.38 bits per heavy atom. The fourth-order valence-electron chi connectivity index (χ4n) is 0.354. The Balaban J connectivity index is 0. The van der Waals surface area contributed by atoms with E-state index in [4.69, 9.17) is 22.5 Å². The van der Waals surface area contributed by atoms with E-state index in [9.17, 15) is 0 Å². The number of rotatable bonds is 2. The number of hydrogen-bond acceptors (Lipinski definition) is 0. The summed E-state index contributed by atoms with van der Waals surface area (Å²) >= 11 is 9.58. The fraction of sp³-hybridized carbons (Fsp3) is 1.00. The summed E-state index contributed by atoms with van der Waals surface area (Å²) in [6.07, 6.45) is 4.08. The molecule has 0 rings (SSSR count). The molecule has 8 heavy (non-hydrogen) atoms. The molecule has 0 atom stereocenters. The molecule has 0 aromatic rings. The molecule has 0 saturated heterocycles. The maximum absolute atomic E-state index is 4.79. The first-order valence-corrected chi connectivity index (χ1v) is 5.82. The van der Waals surface area contributed by atoms with E-state index in [2.05, 4.69) is 13.8 Å². The zero-order valence-corrected chi connectivity index (χ0v) is 7.89. The van der Waals surface area contributed by atoms with Crippen molar-refractivity contribution in [3.63, 3.8) is 0 Å². The SMILES string of the molecule is CCCCC.ClPCl. The third-order valence-corrected chi connectivity index (χ3v) is 0.707. The van der Waals surface area contributed by atoms with Crippen LogP contribution in [0.3, 0.4) is 0 Å². The molecule has 0 unspecified atom stereocenters. The molecular weight excluding hydrogens is 162 g/mol. The van der Waals surface area contributed by atoms with E-state index in [1.165, 1.54) is 19.3 Å². The van der Waals surface area contributed by atoms with Crippen molar-refractivity contribution in [3.8, 4) is 0 Å². The zero-order valence-electron chi connectivity index (χ0n) is 5.38. The molecule has 0 N–H and O–H groups in total. The van der Waals surface area contributed by atoms with Gasteiger partial charge < -0.3 is 0 Å². The van der Waals surface area contributed by atoms with Crippen molar-refractivity contribution in [1.82, 2.24) is 0 Å². The fourth-order valence-corrected chi connectivity index (χ4v) is 0.354. The van der Waals surface area contributed by atoms with Crippen LogP contribution in [0.4, 0.5) is 0 Å². The van der Waals surface area contributed by atoms with Gasteiger partial charge in [0.2, 0.25) is 0 Å². The summed E-state index contributed by atoms with van der Waals surface area (Å²) in [5.41, 5.74) is 0. The predicted octanol–water partition coefficient (Wildman–Crippen LogP) is 4.17. The van der Waals surface area contributed by atoms with E-state index in [0.29, 0.717) is 0 Å². The van der Waals surface area contributed by atoms with Crippen LogP contribution >= 0.6 is 29.8 Å². The average molecular weight is 175 g/mol. The van der Waals surface area contributed by atoms with Gasteiger partial charge in [0, 0.05) is 0 Å². The number of unbranched alkanes of at least 4 members (excludes halogenated alkanes) is 2. The molecule has 0 saturated carbocycles. The summed E-state index contributed by atoms with van der Waals surface area (Å²) < 4.78 is 0. The second kappa shape index (κ2) is 15.7. The molecule has 0 bridgehead atoms. The van der Waals surface area contributed by atoms with E-state index >= 15 is 0 Å². The van der Waals surface area contributed by atoms with Crippen molar-refractivity contribution in [3.05, 3.63) is 0 Å². The molecule has 0 aliphatic heterocycles. The van der Waals surface area contributed by atoms with Crippen LogP contribution in [0.5, 0.6) is 0 Å². The first kappa shape index (κ1) is 11.8. The third-order valence-electron chi connectivity index (χ3n) is 0.707. The van der Waals surface area contributed by atoms with Crippen molar-refractivity contribution in [2.75, 3.05) is 0 Å². The number of halogens is 2. The van der Waals surface area contributed by atoms with Crippen molar-refractivity contribution >= 4 is 29.8 Å². The highest BCUT2D eigenvalue weighted by atomic mass is 35.9. The van der Waals surface area contributed by atoms with E-state index in [1.807, 2.05) is 0 Å². The van der Waals surface area contributed by atoms with E-state index in [1.54, 1.807) is 0 Å². The van der Waals surface area contributed by atoms with Crippen LogP contribution in [-0.2, 0) is 0 Å². The van der Waals surface area contributed by atoms with Gasteiger partial charge in [-0.25, -0.2) is 0 Å². The van der Waals surface area contributed by atoms with Gasteiger partial charge in [-0.05, 0) is 0 Å². The summed E-state index contributed by atoms with van der Waals surface area (Å²) in [7, 11) is 0.0278. The molecule has 0 aliphatic carbocycles. The summed E-state index contributed by atoms with van der Waals surface area (Å²) in [5, 5.41) is 0. The van der Waals surface area contributed by atoms with Crippen molar-refractivity contribution in [2.24, 2.45) is 0 Å². The normalized spacial score (nSPS) is 7.50. The van der Waals surface area contributed by atoms with Gasteiger partial charge in [-0.3, -0.25) is 0 Å². The van der Waals surface area contributed by atoms with Gasteiger partial charge in [-0.1, -0.05) is 55.6 Å². The minimum Gasteiger partial charge on any atom is -0.0818 e. The lowest BCUT2D eigenvalue weighted by Crippen LogP contribution is -1.59. The predicted molar refractivity (Wildman–Crippen MR) is 45.2 cm³/mol. The third kappa shape index (κ3) is 27.9. The topological polar surface area (TPSA) is 0 Å². The van der Waals surface area contributed by atoms with Crippen molar-refractivity contribution < 1.29 is 0 Å². The zero-order chi connectivity index (χ0) is 6.83. The Morgan fingerprint density at radius 1 is 1.12 bits per heavy atom. The Morgan fingerprint density at radius 2 is 1.38 bits per heavy atom. The second-order valence-corrected chi connectivity index (χ2v) is 3.28. The first-order chi connectivity index (χ1) is 3.83. The quantitative estimate of drug-likeness (QED) is 0.552. The Labute approximate surface area is 63.3 Å². The standard InChI is InChI=1S/C5H12.Cl2HP/c1-3-5-4-2;1-3-2/h3-5H2,1-2H3;3H. The average Bonchev–Trinajstić information content (AvgIpc) is 1.71. The van der Waals surface area contributed by atoms with Gasteiger partial charge in [-0.2, -0.15) is 0 Å². The largest absolute Gasteiger partial charge is 0.0818 e. The summed E-state index contributed by atoms with van der Waals surface area (Å²) in [6, 6.07) is 0. The highest BCUT2D eigenvalue weighted by Crippen LogP contribution is 2.19. The summed E-state index contributed by atoms with van der Waals surface area (Å²) in [4.78, 5) is 0. The molecule has 0 aromatic carbocycles. The Kier molecular flexibility index (Phi) is 23.1. The smallest absolute Gasteiger partial charge is 0.0713 e. The van der Waals surface area contributed by atoms with Crippen LogP contribution in [-0.4, -0.2) is 0 Å². The number of hydrogen-bond donors (Lipinski definition) is 0. The molecule has 0 radical (unpaired) electrons. The van der Waals surface area contributed by atoms with Crippen LogP contribution in [0.1, 0.15) is 33.1 Å². The monoisotopic (exact) mass is 174 g/mol. The van der Waals surface area contributed by atoms with Gasteiger partial charge in [0.1, 0.15) is 0 Å². The van der Waals surface area contributed by atoms with Gasteiger partial charge in [0.05, 0.1) is 7.29 Å². The molecule has 52 valence electrons. The van der Waals surface area contributed by atoms with Crippen molar-refractivity contribution in [1.29, 1.82) is 0 Å². The van der Waals surface area contributed by atoms with Crippen LogP contribution in [0, 0.1) is 0 Å². The van der Waals surface area contributed by atoms with Crippen LogP contribution in [0.25, 0.3) is 0 Å². The molecule has 0 aromatic heterocycles. The van der Waals surface area contributed by atoms with E-state index in [-0.39, 0.29) is 7.29 Å². The molecule has 0 spiro atoms. The highest BCUT2D eigenvalue weighted by molar-refractivity contribution is 7.90.